The summed E-state index contributed by atoms with van der Waals surface area (Å²) in [6, 6.07) is 0. The largest absolute Gasteiger partial charge is 0.271 e. The van der Waals surface area contributed by atoms with Crippen LogP contribution in [0.4, 0.5) is 0 Å². The molecule has 0 spiro atoms. The van der Waals surface area contributed by atoms with Gasteiger partial charge in [-0.15, -0.1) is 11.6 Å². The molecule has 4 heteroatoms. The highest BCUT2D eigenvalue weighted by atomic mass is 35.5. The van der Waals surface area contributed by atoms with Gasteiger partial charge in [0, 0.05) is 12.4 Å². The van der Waals surface area contributed by atoms with Crippen LogP contribution in [-0.4, -0.2) is 15.2 Å². The van der Waals surface area contributed by atoms with Crippen LogP contribution in [0.2, 0.25) is 5.02 Å². The minimum Gasteiger partial charge on any atom is -0.271 e. The standard InChI is InChI=1S/C12H18Cl2N2/c1-7-9(4-5-10(7)13)6-11-12(14)8(2)15-16(11)3/h7,9-10H,4-6H2,1-3H3. The third kappa shape index (κ3) is 2.10. The minimum absolute atomic E-state index is 0.332. The van der Waals surface area contributed by atoms with Gasteiger partial charge >= 0.3 is 0 Å². The Labute approximate surface area is 107 Å². The van der Waals surface area contributed by atoms with Crippen molar-refractivity contribution in [3.8, 4) is 0 Å². The molecule has 1 aliphatic rings. The lowest BCUT2D eigenvalue weighted by atomic mass is 9.93. The van der Waals surface area contributed by atoms with E-state index < -0.39 is 0 Å². The highest BCUT2D eigenvalue weighted by molar-refractivity contribution is 6.31. The molecule has 2 rings (SSSR count). The van der Waals surface area contributed by atoms with Crippen LogP contribution in [0.15, 0.2) is 0 Å². The first-order valence-corrected chi connectivity index (χ1v) is 6.64. The van der Waals surface area contributed by atoms with Gasteiger partial charge in [-0.3, -0.25) is 4.68 Å². The summed E-state index contributed by atoms with van der Waals surface area (Å²) in [6.45, 7) is 4.20. The third-order valence-electron chi connectivity index (χ3n) is 3.84. The van der Waals surface area contributed by atoms with Gasteiger partial charge < -0.3 is 0 Å². The summed E-state index contributed by atoms with van der Waals surface area (Å²) in [5.41, 5.74) is 2.08. The van der Waals surface area contributed by atoms with Crippen molar-refractivity contribution in [3.63, 3.8) is 0 Å². The average molecular weight is 261 g/mol. The Morgan fingerprint density at radius 3 is 2.56 bits per heavy atom. The summed E-state index contributed by atoms with van der Waals surface area (Å²) in [6.07, 6.45) is 3.33. The van der Waals surface area contributed by atoms with Crippen LogP contribution in [0.5, 0.6) is 0 Å². The Morgan fingerprint density at radius 2 is 2.12 bits per heavy atom. The fourth-order valence-corrected chi connectivity index (χ4v) is 3.20. The van der Waals surface area contributed by atoms with Crippen LogP contribution in [0.1, 0.15) is 31.2 Å². The normalized spacial score (nSPS) is 29.9. The summed E-state index contributed by atoms with van der Waals surface area (Å²) in [5.74, 6) is 1.22. The van der Waals surface area contributed by atoms with Crippen molar-refractivity contribution in [2.45, 2.75) is 38.5 Å². The number of aromatic nitrogens is 2. The lowest BCUT2D eigenvalue weighted by Crippen LogP contribution is -2.15. The zero-order valence-electron chi connectivity index (χ0n) is 10.0. The topological polar surface area (TPSA) is 17.8 Å². The Kier molecular flexibility index (Phi) is 3.50. The van der Waals surface area contributed by atoms with E-state index in [4.69, 9.17) is 23.2 Å². The van der Waals surface area contributed by atoms with Crippen LogP contribution < -0.4 is 0 Å². The van der Waals surface area contributed by atoms with Gasteiger partial charge in [-0.05, 0) is 38.0 Å². The lowest BCUT2D eigenvalue weighted by Gasteiger charge is -2.17. The van der Waals surface area contributed by atoms with Crippen molar-refractivity contribution in [2.24, 2.45) is 18.9 Å². The van der Waals surface area contributed by atoms with Crippen molar-refractivity contribution in [1.82, 2.24) is 9.78 Å². The molecule has 0 aliphatic heterocycles. The van der Waals surface area contributed by atoms with E-state index in [9.17, 15) is 0 Å². The number of rotatable bonds is 2. The van der Waals surface area contributed by atoms with Crippen molar-refractivity contribution in [2.75, 3.05) is 0 Å². The second-order valence-corrected chi connectivity index (χ2v) is 5.82. The van der Waals surface area contributed by atoms with E-state index >= 15 is 0 Å². The first kappa shape index (κ1) is 12.3. The quantitative estimate of drug-likeness (QED) is 0.744. The Morgan fingerprint density at radius 1 is 1.44 bits per heavy atom. The van der Waals surface area contributed by atoms with E-state index in [0.717, 1.165) is 29.3 Å². The van der Waals surface area contributed by atoms with Gasteiger partial charge in [0.05, 0.1) is 16.4 Å². The number of hydrogen-bond donors (Lipinski definition) is 0. The minimum atomic E-state index is 0.332. The van der Waals surface area contributed by atoms with Gasteiger partial charge in [-0.1, -0.05) is 18.5 Å². The van der Waals surface area contributed by atoms with E-state index in [2.05, 4.69) is 12.0 Å². The third-order valence-corrected chi connectivity index (χ3v) is 4.95. The second-order valence-electron chi connectivity index (χ2n) is 4.89. The predicted octanol–water partition coefficient (Wildman–Crippen LogP) is 3.58. The highest BCUT2D eigenvalue weighted by Gasteiger charge is 2.32. The van der Waals surface area contributed by atoms with E-state index in [0.29, 0.717) is 17.2 Å². The number of nitrogens with zero attached hydrogens (tertiary/aromatic N) is 2. The van der Waals surface area contributed by atoms with Crippen LogP contribution in [-0.2, 0) is 13.5 Å². The van der Waals surface area contributed by atoms with E-state index in [-0.39, 0.29) is 0 Å². The molecule has 2 nitrogen and oxygen atoms in total. The number of hydrogen-bond acceptors (Lipinski definition) is 1. The molecule has 1 aromatic rings. The zero-order chi connectivity index (χ0) is 11.9. The maximum absolute atomic E-state index is 6.26. The van der Waals surface area contributed by atoms with E-state index in [1.807, 2.05) is 18.7 Å². The summed E-state index contributed by atoms with van der Waals surface area (Å²) in [4.78, 5) is 0. The Hall–Kier alpha value is -0.210. The Bertz CT molecular complexity index is 387. The van der Waals surface area contributed by atoms with Crippen LogP contribution in [0.3, 0.4) is 0 Å². The Balaban J connectivity index is 2.15. The van der Waals surface area contributed by atoms with Crippen molar-refractivity contribution < 1.29 is 0 Å². The van der Waals surface area contributed by atoms with Gasteiger partial charge in [-0.25, -0.2) is 0 Å². The lowest BCUT2D eigenvalue weighted by molar-refractivity contribution is 0.409. The van der Waals surface area contributed by atoms with Gasteiger partial charge in [0.1, 0.15) is 0 Å². The highest BCUT2D eigenvalue weighted by Crippen LogP contribution is 2.38. The molecule has 3 atom stereocenters. The molecule has 90 valence electrons. The molecular formula is C12H18Cl2N2. The monoisotopic (exact) mass is 260 g/mol. The maximum atomic E-state index is 6.26. The fraction of sp³-hybridized carbons (Fsp3) is 0.750. The molecule has 0 saturated heterocycles. The van der Waals surface area contributed by atoms with E-state index in [1.54, 1.807) is 0 Å². The first-order chi connectivity index (χ1) is 7.50. The molecule has 0 N–H and O–H groups in total. The molecule has 3 unspecified atom stereocenters. The first-order valence-electron chi connectivity index (χ1n) is 5.82. The predicted molar refractivity (Wildman–Crippen MR) is 68.2 cm³/mol. The molecule has 0 bridgehead atoms. The van der Waals surface area contributed by atoms with Crippen LogP contribution in [0, 0.1) is 18.8 Å². The van der Waals surface area contributed by atoms with Gasteiger partial charge in [0.15, 0.2) is 0 Å². The summed E-state index contributed by atoms with van der Waals surface area (Å²) < 4.78 is 1.91. The molecule has 1 saturated carbocycles. The summed E-state index contributed by atoms with van der Waals surface area (Å²) in [7, 11) is 1.96. The van der Waals surface area contributed by atoms with E-state index in [1.165, 1.54) is 6.42 Å². The molecular weight excluding hydrogens is 243 g/mol. The smallest absolute Gasteiger partial charge is 0.0847 e. The number of halogens is 2. The molecule has 1 aliphatic carbocycles. The summed E-state index contributed by atoms with van der Waals surface area (Å²) >= 11 is 12.5. The SMILES string of the molecule is Cc1nn(C)c(CC2CCC(Cl)C2C)c1Cl. The molecule has 1 heterocycles. The fourth-order valence-electron chi connectivity index (χ4n) is 2.63. The zero-order valence-corrected chi connectivity index (χ0v) is 11.5. The van der Waals surface area contributed by atoms with Crippen molar-refractivity contribution >= 4 is 23.2 Å². The number of alkyl halides is 1. The van der Waals surface area contributed by atoms with Crippen molar-refractivity contribution in [3.05, 3.63) is 16.4 Å². The van der Waals surface area contributed by atoms with Crippen molar-refractivity contribution in [1.29, 1.82) is 0 Å². The van der Waals surface area contributed by atoms with Crippen LogP contribution >= 0.6 is 23.2 Å². The number of aryl methyl sites for hydroxylation is 2. The molecule has 1 aromatic heterocycles. The average Bonchev–Trinajstić information content (AvgIpc) is 2.66. The second kappa shape index (κ2) is 4.58. The van der Waals surface area contributed by atoms with Gasteiger partial charge in [-0.2, -0.15) is 5.10 Å². The molecule has 0 radical (unpaired) electrons. The molecule has 0 amide bonds. The van der Waals surface area contributed by atoms with Crippen LogP contribution in [0.25, 0.3) is 0 Å². The van der Waals surface area contributed by atoms with Gasteiger partial charge in [0.25, 0.3) is 0 Å². The van der Waals surface area contributed by atoms with Gasteiger partial charge in [0.2, 0.25) is 0 Å². The maximum Gasteiger partial charge on any atom is 0.0847 e. The molecule has 1 fully saturated rings. The summed E-state index contributed by atoms with van der Waals surface area (Å²) in [5, 5.41) is 5.51. The molecule has 0 aromatic carbocycles. The molecule has 16 heavy (non-hydrogen) atoms.